The van der Waals surface area contributed by atoms with Crippen molar-refractivity contribution in [2.45, 2.75) is 65.3 Å². The largest absolute Gasteiger partial charge is 0.462 e. The monoisotopic (exact) mass is 409 g/mol. The van der Waals surface area contributed by atoms with E-state index in [1.54, 1.807) is 10.7 Å². The van der Waals surface area contributed by atoms with Gasteiger partial charge in [-0.3, -0.25) is 0 Å². The molecule has 0 bridgehead atoms. The van der Waals surface area contributed by atoms with E-state index in [1.165, 1.54) is 24.8 Å². The highest BCUT2D eigenvalue weighted by atomic mass is 16.5. The van der Waals surface area contributed by atoms with Gasteiger partial charge in [0.25, 0.3) is 0 Å². The molecule has 8 nitrogen and oxygen atoms in total. The fourth-order valence-electron chi connectivity index (χ4n) is 4.06. The number of unbranched alkanes of at least 4 members (excludes halogenated alkanes) is 1. The lowest BCUT2D eigenvalue weighted by atomic mass is 10.0. The van der Waals surface area contributed by atoms with E-state index in [9.17, 15) is 0 Å². The minimum Gasteiger partial charge on any atom is -0.462 e. The van der Waals surface area contributed by atoms with E-state index in [0.717, 1.165) is 36.5 Å². The summed E-state index contributed by atoms with van der Waals surface area (Å²) in [7, 11) is 0. The lowest BCUT2D eigenvalue weighted by molar-refractivity contribution is 0.280. The molecule has 4 heterocycles. The predicted molar refractivity (Wildman–Crippen MR) is 118 cm³/mol. The first-order valence-electron chi connectivity index (χ1n) is 10.9. The SMILES string of the molecule is CCCCOc1nc(N)c2ncc(Cc3cnc(N4CCCC[C@H]4C)c(C)c3)n2n1. The maximum absolute atomic E-state index is 6.08. The van der Waals surface area contributed by atoms with E-state index in [4.69, 9.17) is 15.5 Å². The Labute approximate surface area is 177 Å². The highest BCUT2D eigenvalue weighted by molar-refractivity contribution is 5.60. The minimum absolute atomic E-state index is 0.288. The zero-order chi connectivity index (χ0) is 21.1. The Bertz CT molecular complexity index is 1020. The van der Waals surface area contributed by atoms with Crippen LogP contribution in [0.2, 0.25) is 0 Å². The number of fused-ring (bicyclic) bond motifs is 1. The number of hydrogen-bond acceptors (Lipinski definition) is 7. The summed E-state index contributed by atoms with van der Waals surface area (Å²) in [6, 6.07) is 3.04. The molecule has 1 aliphatic heterocycles. The number of rotatable bonds is 7. The second kappa shape index (κ2) is 8.85. The molecule has 3 aromatic heterocycles. The van der Waals surface area contributed by atoms with Crippen molar-refractivity contribution in [3.8, 4) is 6.01 Å². The van der Waals surface area contributed by atoms with E-state index in [-0.39, 0.29) is 6.01 Å². The van der Waals surface area contributed by atoms with Crippen molar-refractivity contribution in [3.63, 3.8) is 0 Å². The number of nitrogens with zero attached hydrogens (tertiary/aromatic N) is 6. The van der Waals surface area contributed by atoms with Gasteiger partial charge in [0.1, 0.15) is 5.82 Å². The Balaban J connectivity index is 1.57. The molecule has 0 unspecified atom stereocenters. The average molecular weight is 410 g/mol. The van der Waals surface area contributed by atoms with Gasteiger partial charge in [0.15, 0.2) is 11.5 Å². The van der Waals surface area contributed by atoms with Crippen molar-refractivity contribution in [1.29, 1.82) is 0 Å². The van der Waals surface area contributed by atoms with Gasteiger partial charge in [-0.1, -0.05) is 19.4 Å². The number of hydrogen-bond donors (Lipinski definition) is 1. The fraction of sp³-hybridized carbons (Fsp3) is 0.545. The molecule has 1 fully saturated rings. The molecule has 8 heteroatoms. The zero-order valence-corrected chi connectivity index (χ0v) is 18.1. The van der Waals surface area contributed by atoms with E-state index < -0.39 is 0 Å². The van der Waals surface area contributed by atoms with Gasteiger partial charge in [0.05, 0.1) is 18.5 Å². The van der Waals surface area contributed by atoms with Gasteiger partial charge in [-0.2, -0.15) is 4.98 Å². The molecule has 3 aromatic rings. The Morgan fingerprint density at radius 1 is 1.23 bits per heavy atom. The molecule has 2 N–H and O–H groups in total. The first-order valence-corrected chi connectivity index (χ1v) is 10.9. The Morgan fingerprint density at radius 2 is 2.10 bits per heavy atom. The Hall–Kier alpha value is -2.90. The predicted octanol–water partition coefficient (Wildman–Crippen LogP) is 3.56. The Morgan fingerprint density at radius 3 is 2.87 bits per heavy atom. The van der Waals surface area contributed by atoms with E-state index in [0.29, 0.717) is 30.5 Å². The van der Waals surface area contributed by atoms with Crippen LogP contribution in [-0.2, 0) is 6.42 Å². The number of aromatic nitrogens is 5. The third-order valence-corrected chi connectivity index (χ3v) is 5.74. The molecule has 4 rings (SSSR count). The molecule has 30 heavy (non-hydrogen) atoms. The molecular weight excluding hydrogens is 378 g/mol. The molecule has 0 saturated carbocycles. The molecule has 160 valence electrons. The van der Waals surface area contributed by atoms with Crippen LogP contribution >= 0.6 is 0 Å². The second-order valence-electron chi connectivity index (χ2n) is 8.17. The van der Waals surface area contributed by atoms with Gasteiger partial charge in [0.2, 0.25) is 0 Å². The van der Waals surface area contributed by atoms with Crippen LogP contribution in [-0.4, -0.2) is 43.8 Å². The van der Waals surface area contributed by atoms with Crippen LogP contribution in [0.5, 0.6) is 6.01 Å². The van der Waals surface area contributed by atoms with Gasteiger partial charge in [-0.15, -0.1) is 5.10 Å². The summed E-state index contributed by atoms with van der Waals surface area (Å²) in [5.74, 6) is 1.42. The summed E-state index contributed by atoms with van der Waals surface area (Å²) in [5, 5.41) is 4.50. The van der Waals surface area contributed by atoms with Crippen LogP contribution in [0.15, 0.2) is 18.5 Å². The van der Waals surface area contributed by atoms with Crippen LogP contribution in [0.25, 0.3) is 5.65 Å². The van der Waals surface area contributed by atoms with E-state index in [2.05, 4.69) is 46.8 Å². The molecule has 0 spiro atoms. The number of nitrogens with two attached hydrogens (primary N) is 1. The van der Waals surface area contributed by atoms with Gasteiger partial charge in [-0.25, -0.2) is 14.5 Å². The van der Waals surface area contributed by atoms with Crippen LogP contribution in [0.1, 0.15) is 62.8 Å². The summed E-state index contributed by atoms with van der Waals surface area (Å²) >= 11 is 0. The molecule has 0 aliphatic carbocycles. The van der Waals surface area contributed by atoms with Gasteiger partial charge >= 0.3 is 6.01 Å². The summed E-state index contributed by atoms with van der Waals surface area (Å²) in [6.07, 6.45) is 10.2. The van der Waals surface area contributed by atoms with E-state index in [1.807, 2.05) is 6.20 Å². The standard InChI is InChI=1S/C22H31N7O/c1-4-5-10-30-22-26-19(23)21-25-14-18(29(21)27-22)12-17-11-15(2)20(24-13-17)28-9-7-6-8-16(28)3/h11,13-14,16H,4-10,12H2,1-3H3,(H2,23,26,27)/t16-/m1/s1. The summed E-state index contributed by atoms with van der Waals surface area (Å²) < 4.78 is 7.39. The second-order valence-corrected chi connectivity index (χ2v) is 8.17. The highest BCUT2D eigenvalue weighted by Crippen LogP contribution is 2.27. The normalized spacial score (nSPS) is 16.9. The first-order chi connectivity index (χ1) is 14.6. The summed E-state index contributed by atoms with van der Waals surface area (Å²) in [4.78, 5) is 15.9. The van der Waals surface area contributed by atoms with Crippen molar-refractivity contribution in [2.75, 3.05) is 23.8 Å². The molecule has 0 radical (unpaired) electrons. The molecule has 0 aromatic carbocycles. The van der Waals surface area contributed by atoms with Crippen molar-refractivity contribution < 1.29 is 4.74 Å². The number of imidazole rings is 1. The third kappa shape index (κ3) is 4.17. The number of pyridine rings is 1. The quantitative estimate of drug-likeness (QED) is 0.596. The van der Waals surface area contributed by atoms with Crippen LogP contribution in [0.4, 0.5) is 11.6 Å². The van der Waals surface area contributed by atoms with Crippen molar-refractivity contribution in [2.24, 2.45) is 0 Å². The van der Waals surface area contributed by atoms with Crippen LogP contribution < -0.4 is 15.4 Å². The molecule has 1 aliphatic rings. The average Bonchev–Trinajstić information content (AvgIpc) is 3.12. The maximum Gasteiger partial charge on any atom is 0.336 e. The summed E-state index contributed by atoms with van der Waals surface area (Å²) in [6.45, 7) is 8.20. The van der Waals surface area contributed by atoms with Crippen LogP contribution in [0, 0.1) is 6.92 Å². The number of ether oxygens (including phenoxy) is 1. The zero-order valence-electron chi connectivity index (χ0n) is 18.1. The minimum atomic E-state index is 0.288. The smallest absolute Gasteiger partial charge is 0.336 e. The van der Waals surface area contributed by atoms with Crippen molar-refractivity contribution >= 4 is 17.3 Å². The number of aryl methyl sites for hydroxylation is 1. The maximum atomic E-state index is 6.08. The van der Waals surface area contributed by atoms with E-state index >= 15 is 0 Å². The molecular formula is C22H31N7O. The highest BCUT2D eigenvalue weighted by Gasteiger charge is 2.21. The third-order valence-electron chi connectivity index (χ3n) is 5.74. The topological polar surface area (TPSA) is 94.5 Å². The van der Waals surface area contributed by atoms with Crippen molar-refractivity contribution in [1.82, 2.24) is 24.6 Å². The van der Waals surface area contributed by atoms with Crippen LogP contribution in [0.3, 0.4) is 0 Å². The first kappa shape index (κ1) is 20.4. The molecule has 1 atom stereocenters. The number of piperidine rings is 1. The number of nitrogen functional groups attached to an aromatic ring is 1. The molecule has 0 amide bonds. The Kier molecular flexibility index (Phi) is 6.01. The lowest BCUT2D eigenvalue weighted by Crippen LogP contribution is -2.38. The molecule has 1 saturated heterocycles. The van der Waals surface area contributed by atoms with Gasteiger partial charge in [-0.05, 0) is 50.7 Å². The lowest BCUT2D eigenvalue weighted by Gasteiger charge is -2.35. The fourth-order valence-corrected chi connectivity index (χ4v) is 4.06. The van der Waals surface area contributed by atoms with Gasteiger partial charge in [0, 0.05) is 25.2 Å². The summed E-state index contributed by atoms with van der Waals surface area (Å²) in [5.41, 5.74) is 9.88. The van der Waals surface area contributed by atoms with Crippen molar-refractivity contribution in [3.05, 3.63) is 35.3 Å². The van der Waals surface area contributed by atoms with Gasteiger partial charge < -0.3 is 15.4 Å². The number of anilines is 2.